The van der Waals surface area contributed by atoms with E-state index in [0.29, 0.717) is 0 Å². The SMILES string of the molecule is Cn1cc(-c2nc(Br)c3ccccn23)c2ccccc21. The topological polar surface area (TPSA) is 22.2 Å². The van der Waals surface area contributed by atoms with Crippen molar-refractivity contribution in [2.45, 2.75) is 0 Å². The van der Waals surface area contributed by atoms with Gasteiger partial charge in [-0.25, -0.2) is 4.98 Å². The summed E-state index contributed by atoms with van der Waals surface area (Å²) in [4.78, 5) is 4.69. The van der Waals surface area contributed by atoms with Gasteiger partial charge in [-0.3, -0.25) is 4.40 Å². The van der Waals surface area contributed by atoms with E-state index in [4.69, 9.17) is 0 Å². The van der Waals surface area contributed by atoms with Gasteiger partial charge in [0.05, 0.1) is 5.52 Å². The maximum absolute atomic E-state index is 4.69. The number of aromatic nitrogens is 3. The van der Waals surface area contributed by atoms with Gasteiger partial charge in [0.2, 0.25) is 0 Å². The van der Waals surface area contributed by atoms with E-state index in [1.54, 1.807) is 0 Å². The first-order valence-electron chi connectivity index (χ1n) is 6.43. The minimum absolute atomic E-state index is 0.876. The predicted octanol–water partition coefficient (Wildman–Crippen LogP) is 4.26. The Bertz CT molecular complexity index is 855. The van der Waals surface area contributed by atoms with Gasteiger partial charge < -0.3 is 4.57 Å². The summed E-state index contributed by atoms with van der Waals surface area (Å²) in [6, 6.07) is 14.5. The molecule has 0 saturated heterocycles. The van der Waals surface area contributed by atoms with Crippen LogP contribution in [0.4, 0.5) is 0 Å². The molecule has 0 radical (unpaired) electrons. The lowest BCUT2D eigenvalue weighted by Gasteiger charge is -1.99. The average Bonchev–Trinajstić information content (AvgIpc) is 2.99. The third kappa shape index (κ3) is 1.55. The fraction of sp³-hybridized carbons (Fsp3) is 0.0625. The van der Waals surface area contributed by atoms with Gasteiger partial charge in [0, 0.05) is 35.9 Å². The number of hydrogen-bond acceptors (Lipinski definition) is 1. The summed E-state index contributed by atoms with van der Waals surface area (Å²) >= 11 is 3.55. The van der Waals surface area contributed by atoms with Crippen molar-refractivity contribution in [3.63, 3.8) is 0 Å². The van der Waals surface area contributed by atoms with Gasteiger partial charge in [0.15, 0.2) is 0 Å². The standard InChI is InChI=1S/C16H12BrN3/c1-19-10-12(11-6-2-3-7-13(11)19)16-18-15(17)14-8-4-5-9-20(14)16/h2-10H,1H3. The number of aryl methyl sites for hydroxylation is 1. The molecule has 1 aromatic carbocycles. The number of para-hydroxylation sites is 1. The fourth-order valence-corrected chi connectivity index (χ4v) is 3.20. The molecule has 0 aliphatic carbocycles. The van der Waals surface area contributed by atoms with Crippen molar-refractivity contribution >= 4 is 32.3 Å². The number of imidazole rings is 1. The number of rotatable bonds is 1. The second-order valence-corrected chi connectivity index (χ2v) is 5.60. The summed E-state index contributed by atoms with van der Waals surface area (Å²) in [6.07, 6.45) is 4.18. The molecule has 4 heteroatoms. The largest absolute Gasteiger partial charge is 0.350 e. The Hall–Kier alpha value is -2.07. The van der Waals surface area contributed by atoms with Crippen LogP contribution in [0.5, 0.6) is 0 Å². The zero-order chi connectivity index (χ0) is 13.7. The molecular weight excluding hydrogens is 314 g/mol. The van der Waals surface area contributed by atoms with E-state index in [1.807, 2.05) is 18.3 Å². The van der Waals surface area contributed by atoms with Crippen LogP contribution < -0.4 is 0 Å². The van der Waals surface area contributed by atoms with E-state index in [2.05, 4.69) is 73.5 Å². The highest BCUT2D eigenvalue weighted by Crippen LogP contribution is 2.32. The first-order chi connectivity index (χ1) is 9.75. The lowest BCUT2D eigenvalue weighted by atomic mass is 10.1. The van der Waals surface area contributed by atoms with Crippen molar-refractivity contribution in [3.8, 4) is 11.4 Å². The lowest BCUT2D eigenvalue weighted by Crippen LogP contribution is -1.87. The van der Waals surface area contributed by atoms with E-state index in [1.165, 1.54) is 10.9 Å². The van der Waals surface area contributed by atoms with Crippen molar-refractivity contribution in [3.05, 3.63) is 59.5 Å². The smallest absolute Gasteiger partial charge is 0.148 e. The molecule has 3 nitrogen and oxygen atoms in total. The summed E-state index contributed by atoms with van der Waals surface area (Å²) in [5, 5.41) is 1.22. The maximum atomic E-state index is 4.69. The molecule has 0 fully saturated rings. The molecule has 0 bridgehead atoms. The molecule has 3 heterocycles. The summed E-state index contributed by atoms with van der Waals surface area (Å²) in [5.41, 5.74) is 3.44. The fourth-order valence-electron chi connectivity index (χ4n) is 2.71. The van der Waals surface area contributed by atoms with Gasteiger partial charge in [0.1, 0.15) is 10.4 Å². The highest BCUT2D eigenvalue weighted by molar-refractivity contribution is 9.10. The number of benzene rings is 1. The quantitative estimate of drug-likeness (QED) is 0.512. The lowest BCUT2D eigenvalue weighted by molar-refractivity contribution is 0.968. The first-order valence-corrected chi connectivity index (χ1v) is 7.22. The molecule has 0 amide bonds. The van der Waals surface area contributed by atoms with Gasteiger partial charge in [-0.2, -0.15) is 0 Å². The molecule has 0 N–H and O–H groups in total. The van der Waals surface area contributed by atoms with E-state index in [0.717, 1.165) is 21.5 Å². The van der Waals surface area contributed by atoms with Crippen LogP contribution in [-0.4, -0.2) is 14.0 Å². The average molecular weight is 326 g/mol. The summed E-state index contributed by atoms with van der Waals surface area (Å²) in [7, 11) is 2.07. The highest BCUT2D eigenvalue weighted by atomic mass is 79.9. The van der Waals surface area contributed by atoms with Crippen LogP contribution in [0.3, 0.4) is 0 Å². The Morgan fingerprint density at radius 3 is 2.65 bits per heavy atom. The number of pyridine rings is 1. The number of fused-ring (bicyclic) bond motifs is 2. The molecule has 4 aromatic rings. The molecule has 3 aromatic heterocycles. The molecule has 20 heavy (non-hydrogen) atoms. The Morgan fingerprint density at radius 1 is 1.00 bits per heavy atom. The molecule has 0 aliphatic heterocycles. The Morgan fingerprint density at radius 2 is 1.75 bits per heavy atom. The Balaban J connectivity index is 2.12. The van der Waals surface area contributed by atoms with Gasteiger partial charge in [0.25, 0.3) is 0 Å². The van der Waals surface area contributed by atoms with E-state index < -0.39 is 0 Å². The van der Waals surface area contributed by atoms with Crippen LogP contribution in [0.25, 0.3) is 27.8 Å². The van der Waals surface area contributed by atoms with Crippen LogP contribution in [0.2, 0.25) is 0 Å². The molecule has 4 rings (SSSR count). The number of halogens is 1. The van der Waals surface area contributed by atoms with Crippen molar-refractivity contribution in [1.82, 2.24) is 14.0 Å². The third-order valence-corrected chi connectivity index (χ3v) is 4.22. The van der Waals surface area contributed by atoms with Gasteiger partial charge in [-0.1, -0.05) is 24.3 Å². The number of hydrogen-bond donors (Lipinski definition) is 0. The Labute approximate surface area is 124 Å². The third-order valence-electron chi connectivity index (χ3n) is 3.64. The monoisotopic (exact) mass is 325 g/mol. The highest BCUT2D eigenvalue weighted by Gasteiger charge is 2.15. The van der Waals surface area contributed by atoms with Crippen LogP contribution in [-0.2, 0) is 7.05 Å². The molecule has 0 saturated carbocycles. The van der Waals surface area contributed by atoms with E-state index in [9.17, 15) is 0 Å². The second kappa shape index (κ2) is 4.21. The van der Waals surface area contributed by atoms with Gasteiger partial charge in [-0.15, -0.1) is 0 Å². The van der Waals surface area contributed by atoms with Crippen LogP contribution in [0.1, 0.15) is 0 Å². The number of nitrogens with zero attached hydrogens (tertiary/aromatic N) is 3. The Kier molecular flexibility index (Phi) is 2.47. The minimum atomic E-state index is 0.876. The molecule has 0 spiro atoms. The predicted molar refractivity (Wildman–Crippen MR) is 84.8 cm³/mol. The molecule has 98 valence electrons. The summed E-state index contributed by atoms with van der Waals surface area (Å²) < 4.78 is 5.13. The van der Waals surface area contributed by atoms with Crippen LogP contribution >= 0.6 is 15.9 Å². The van der Waals surface area contributed by atoms with Crippen LogP contribution in [0.15, 0.2) is 59.5 Å². The molecule has 0 atom stereocenters. The van der Waals surface area contributed by atoms with Crippen molar-refractivity contribution < 1.29 is 0 Å². The van der Waals surface area contributed by atoms with Gasteiger partial charge >= 0.3 is 0 Å². The van der Waals surface area contributed by atoms with Crippen molar-refractivity contribution in [2.24, 2.45) is 7.05 Å². The summed E-state index contributed by atoms with van der Waals surface area (Å²) in [5.74, 6) is 0.962. The van der Waals surface area contributed by atoms with Crippen LogP contribution in [0, 0.1) is 0 Å². The zero-order valence-corrected chi connectivity index (χ0v) is 12.5. The first kappa shape index (κ1) is 11.7. The van der Waals surface area contributed by atoms with Crippen molar-refractivity contribution in [1.29, 1.82) is 0 Å². The minimum Gasteiger partial charge on any atom is -0.350 e. The maximum Gasteiger partial charge on any atom is 0.148 e. The zero-order valence-electron chi connectivity index (χ0n) is 10.9. The normalized spacial score (nSPS) is 11.5. The van der Waals surface area contributed by atoms with Gasteiger partial charge in [-0.05, 0) is 34.1 Å². The van der Waals surface area contributed by atoms with E-state index >= 15 is 0 Å². The summed E-state index contributed by atoms with van der Waals surface area (Å²) in [6.45, 7) is 0. The second-order valence-electron chi connectivity index (χ2n) is 4.85. The molecular formula is C16H12BrN3. The van der Waals surface area contributed by atoms with Crippen molar-refractivity contribution in [2.75, 3.05) is 0 Å². The molecule has 0 aliphatic rings. The molecule has 0 unspecified atom stereocenters. The van der Waals surface area contributed by atoms with E-state index in [-0.39, 0.29) is 0 Å².